The summed E-state index contributed by atoms with van der Waals surface area (Å²) in [5.74, 6) is 1.58. The van der Waals surface area contributed by atoms with Gasteiger partial charge in [-0.2, -0.15) is 4.98 Å². The molecule has 0 bridgehead atoms. The molecular formula is C26H27FN6O3. The second-order valence-corrected chi connectivity index (χ2v) is 8.66. The van der Waals surface area contributed by atoms with E-state index in [1.165, 1.54) is 12.1 Å². The number of fused-ring (bicyclic) bond motifs is 1. The van der Waals surface area contributed by atoms with Crippen LogP contribution in [0.2, 0.25) is 0 Å². The normalized spacial score (nSPS) is 14.1. The molecule has 2 aromatic carbocycles. The lowest BCUT2D eigenvalue weighted by atomic mass is 10.0. The summed E-state index contributed by atoms with van der Waals surface area (Å²) in [5, 5.41) is 0. The van der Waals surface area contributed by atoms with Crippen molar-refractivity contribution in [2.45, 2.75) is 25.4 Å². The van der Waals surface area contributed by atoms with Gasteiger partial charge < -0.3 is 23.8 Å². The van der Waals surface area contributed by atoms with Crippen LogP contribution >= 0.6 is 0 Å². The van der Waals surface area contributed by atoms with Crippen LogP contribution in [0.25, 0.3) is 11.0 Å². The van der Waals surface area contributed by atoms with Gasteiger partial charge in [0.25, 0.3) is 6.47 Å². The number of anilines is 2. The molecule has 2 aromatic heterocycles. The summed E-state index contributed by atoms with van der Waals surface area (Å²) in [7, 11) is 1.98. The quantitative estimate of drug-likeness (QED) is 0.200. The summed E-state index contributed by atoms with van der Waals surface area (Å²) in [5.41, 5.74) is 3.02. The Bertz CT molecular complexity index is 1320. The molecule has 186 valence electrons. The molecule has 4 aromatic rings. The summed E-state index contributed by atoms with van der Waals surface area (Å²) in [6.07, 6.45) is 3.43. The van der Waals surface area contributed by atoms with Gasteiger partial charge in [-0.3, -0.25) is 4.79 Å². The molecule has 5 rings (SSSR count). The number of nitrogens with zero attached hydrogens (tertiary/aromatic N) is 6. The average Bonchev–Trinajstić information content (AvgIpc) is 3.28. The van der Waals surface area contributed by atoms with Crippen LogP contribution < -0.4 is 14.5 Å². The Morgan fingerprint density at radius 1 is 1.08 bits per heavy atom. The maximum absolute atomic E-state index is 13.4. The highest BCUT2D eigenvalue weighted by Gasteiger charge is 2.27. The second kappa shape index (κ2) is 10.6. The van der Waals surface area contributed by atoms with Crippen molar-refractivity contribution < 1.29 is 18.7 Å². The maximum atomic E-state index is 13.4. The van der Waals surface area contributed by atoms with Crippen molar-refractivity contribution in [2.24, 2.45) is 0 Å². The van der Waals surface area contributed by atoms with E-state index in [4.69, 9.17) is 9.72 Å². The summed E-state index contributed by atoms with van der Waals surface area (Å²) < 4.78 is 25.5. The Balaban J connectivity index is 1.30. The fourth-order valence-electron chi connectivity index (χ4n) is 4.55. The number of carbonyl (C=O) groups is 1. The van der Waals surface area contributed by atoms with Gasteiger partial charge in [0.2, 0.25) is 24.6 Å². The molecule has 36 heavy (non-hydrogen) atoms. The lowest BCUT2D eigenvalue weighted by Gasteiger charge is -2.37. The first-order valence-corrected chi connectivity index (χ1v) is 11.8. The number of carbonyl (C=O) groups excluding carboxylic acids is 1. The standard InChI is InChI=1S/C26H27FN6O3/c1-31(25-28-13-10-24(30-25)36-18-35-17-34)21-11-14-32(15-12-21)26-29-22-4-2-3-5-23(22)33(26)16-19-6-8-20(27)9-7-19/h2-10,13,17,21H,11-12,14-16,18H2,1H3. The van der Waals surface area contributed by atoms with E-state index in [0.29, 0.717) is 24.8 Å². The van der Waals surface area contributed by atoms with Crippen LogP contribution in [0.5, 0.6) is 5.88 Å². The average molecular weight is 491 g/mol. The second-order valence-electron chi connectivity index (χ2n) is 8.66. The van der Waals surface area contributed by atoms with E-state index in [-0.39, 0.29) is 18.7 Å². The Labute approximate surface area is 208 Å². The molecule has 0 radical (unpaired) electrons. The number of halogens is 1. The summed E-state index contributed by atoms with van der Waals surface area (Å²) in [6, 6.07) is 16.6. The predicted molar refractivity (Wildman–Crippen MR) is 134 cm³/mol. The summed E-state index contributed by atoms with van der Waals surface area (Å²) in [6.45, 7) is 2.40. The zero-order chi connectivity index (χ0) is 24.9. The van der Waals surface area contributed by atoms with Crippen LogP contribution in [-0.4, -0.2) is 59.0 Å². The third-order valence-electron chi connectivity index (χ3n) is 6.46. The summed E-state index contributed by atoms with van der Waals surface area (Å²) >= 11 is 0. The minimum absolute atomic E-state index is 0.193. The van der Waals surface area contributed by atoms with Gasteiger partial charge in [-0.15, -0.1) is 0 Å². The number of rotatable bonds is 9. The van der Waals surface area contributed by atoms with Gasteiger partial charge in [0.05, 0.1) is 17.6 Å². The van der Waals surface area contributed by atoms with Crippen LogP contribution in [0.1, 0.15) is 18.4 Å². The third kappa shape index (κ3) is 5.07. The molecule has 1 fully saturated rings. The van der Waals surface area contributed by atoms with Crippen LogP contribution in [-0.2, 0) is 16.1 Å². The minimum Gasteiger partial charge on any atom is -0.440 e. The lowest BCUT2D eigenvalue weighted by molar-refractivity contribution is -0.134. The van der Waals surface area contributed by atoms with E-state index in [2.05, 4.69) is 35.1 Å². The first-order valence-electron chi connectivity index (χ1n) is 11.8. The Kier molecular flexibility index (Phi) is 6.92. The molecule has 0 amide bonds. The number of ether oxygens (including phenoxy) is 2. The third-order valence-corrected chi connectivity index (χ3v) is 6.46. The number of piperidine rings is 1. The highest BCUT2D eigenvalue weighted by atomic mass is 19.1. The van der Waals surface area contributed by atoms with Gasteiger partial charge in [0, 0.05) is 38.4 Å². The monoisotopic (exact) mass is 490 g/mol. The number of hydrogen-bond donors (Lipinski definition) is 0. The zero-order valence-electron chi connectivity index (χ0n) is 20.0. The van der Waals surface area contributed by atoms with Crippen molar-refractivity contribution in [1.29, 1.82) is 0 Å². The van der Waals surface area contributed by atoms with Crippen LogP contribution in [0.4, 0.5) is 16.3 Å². The Hall–Kier alpha value is -4.21. The van der Waals surface area contributed by atoms with Crippen molar-refractivity contribution in [3.63, 3.8) is 0 Å². The number of imidazole rings is 1. The molecule has 1 aliphatic heterocycles. The van der Waals surface area contributed by atoms with E-state index >= 15 is 0 Å². The van der Waals surface area contributed by atoms with Crippen molar-refractivity contribution >= 4 is 29.4 Å². The van der Waals surface area contributed by atoms with Crippen molar-refractivity contribution in [3.8, 4) is 5.88 Å². The van der Waals surface area contributed by atoms with Crippen molar-refractivity contribution in [3.05, 3.63) is 72.2 Å². The van der Waals surface area contributed by atoms with E-state index in [1.807, 2.05) is 37.4 Å². The molecule has 9 nitrogen and oxygen atoms in total. The van der Waals surface area contributed by atoms with Crippen molar-refractivity contribution in [1.82, 2.24) is 19.5 Å². The SMILES string of the molecule is CN(c1nccc(OCOC=O)n1)C1CCN(c2nc3ccccc3n2Cc2ccc(F)cc2)CC1. The molecule has 0 atom stereocenters. The van der Waals surface area contributed by atoms with Gasteiger partial charge in [-0.05, 0) is 42.7 Å². The number of para-hydroxylation sites is 2. The molecule has 10 heteroatoms. The fourth-order valence-corrected chi connectivity index (χ4v) is 4.55. The van der Waals surface area contributed by atoms with Crippen LogP contribution in [0, 0.1) is 5.82 Å². The molecule has 0 aliphatic carbocycles. The van der Waals surface area contributed by atoms with E-state index in [9.17, 15) is 9.18 Å². The minimum atomic E-state index is -0.240. The smallest absolute Gasteiger partial charge is 0.295 e. The van der Waals surface area contributed by atoms with Gasteiger partial charge in [-0.1, -0.05) is 24.3 Å². The molecule has 0 unspecified atom stereocenters. The Morgan fingerprint density at radius 3 is 2.64 bits per heavy atom. The number of hydrogen-bond acceptors (Lipinski definition) is 8. The topological polar surface area (TPSA) is 85.6 Å². The van der Waals surface area contributed by atoms with Gasteiger partial charge in [0.15, 0.2) is 0 Å². The maximum Gasteiger partial charge on any atom is 0.295 e. The zero-order valence-corrected chi connectivity index (χ0v) is 20.0. The summed E-state index contributed by atoms with van der Waals surface area (Å²) in [4.78, 5) is 28.5. The lowest BCUT2D eigenvalue weighted by Crippen LogP contribution is -2.44. The fraction of sp³-hybridized carbons (Fsp3) is 0.308. The molecule has 1 aliphatic rings. The largest absolute Gasteiger partial charge is 0.440 e. The molecule has 1 saturated heterocycles. The highest BCUT2D eigenvalue weighted by Crippen LogP contribution is 2.28. The van der Waals surface area contributed by atoms with Crippen LogP contribution in [0.15, 0.2) is 60.8 Å². The molecule has 0 spiro atoms. The molecule has 0 N–H and O–H groups in total. The van der Waals surface area contributed by atoms with Crippen molar-refractivity contribution in [2.75, 3.05) is 36.7 Å². The first-order chi connectivity index (χ1) is 17.6. The Morgan fingerprint density at radius 2 is 1.86 bits per heavy atom. The first kappa shape index (κ1) is 23.5. The van der Waals surface area contributed by atoms with Gasteiger partial charge in [0.1, 0.15) is 5.82 Å². The molecule has 0 saturated carbocycles. The van der Waals surface area contributed by atoms with E-state index < -0.39 is 0 Å². The van der Waals surface area contributed by atoms with E-state index in [1.54, 1.807) is 12.3 Å². The van der Waals surface area contributed by atoms with Gasteiger partial charge in [-0.25, -0.2) is 14.4 Å². The molecular weight excluding hydrogens is 463 g/mol. The predicted octanol–water partition coefficient (Wildman–Crippen LogP) is 3.63. The van der Waals surface area contributed by atoms with E-state index in [0.717, 1.165) is 48.5 Å². The van der Waals surface area contributed by atoms with Gasteiger partial charge >= 0.3 is 0 Å². The molecule has 3 heterocycles. The highest BCUT2D eigenvalue weighted by molar-refractivity contribution is 5.79. The number of aromatic nitrogens is 4. The number of benzene rings is 2. The van der Waals surface area contributed by atoms with Crippen LogP contribution in [0.3, 0.4) is 0 Å².